The minimum Gasteiger partial charge on any atom is -0.436 e. The second-order valence-corrected chi connectivity index (χ2v) is 11.3. The Morgan fingerprint density at radius 1 is 0.444 bits per heavy atom. The number of hydrogen-bond acceptors (Lipinski definition) is 4. The predicted molar refractivity (Wildman–Crippen MR) is 184 cm³/mol. The third-order valence-corrected chi connectivity index (χ3v) is 8.55. The molecule has 9 rings (SSSR count). The van der Waals surface area contributed by atoms with Gasteiger partial charge >= 0.3 is 0 Å². The van der Waals surface area contributed by atoms with Gasteiger partial charge in [0.2, 0.25) is 5.89 Å². The average Bonchev–Trinajstić information content (AvgIpc) is 3.55. The Bertz CT molecular complexity index is 2550. The summed E-state index contributed by atoms with van der Waals surface area (Å²) in [6.07, 6.45) is 1.83. The lowest BCUT2D eigenvalue weighted by Crippen LogP contribution is -1.91. The molecule has 3 aromatic heterocycles. The molecule has 3 heterocycles. The number of rotatable bonds is 4. The number of pyridine rings is 2. The van der Waals surface area contributed by atoms with Crippen LogP contribution in [0.3, 0.4) is 0 Å². The third-order valence-electron chi connectivity index (χ3n) is 8.55. The van der Waals surface area contributed by atoms with E-state index in [0.29, 0.717) is 5.89 Å². The van der Waals surface area contributed by atoms with Crippen LogP contribution < -0.4 is 0 Å². The Hall–Kier alpha value is -6.13. The second-order valence-electron chi connectivity index (χ2n) is 11.3. The fourth-order valence-corrected chi connectivity index (χ4v) is 6.33. The Morgan fingerprint density at radius 2 is 1.16 bits per heavy atom. The van der Waals surface area contributed by atoms with Crippen molar-refractivity contribution in [3.8, 4) is 45.0 Å². The first-order chi connectivity index (χ1) is 22.3. The fourth-order valence-electron chi connectivity index (χ4n) is 6.33. The molecule has 6 aromatic carbocycles. The highest BCUT2D eigenvalue weighted by molar-refractivity contribution is 6.07. The molecule has 45 heavy (non-hydrogen) atoms. The highest BCUT2D eigenvalue weighted by Crippen LogP contribution is 2.38. The van der Waals surface area contributed by atoms with Gasteiger partial charge in [-0.05, 0) is 75.5 Å². The van der Waals surface area contributed by atoms with Gasteiger partial charge in [0, 0.05) is 28.1 Å². The van der Waals surface area contributed by atoms with Crippen LogP contribution in [-0.2, 0) is 0 Å². The Kier molecular flexibility index (Phi) is 5.78. The SMILES string of the molecule is c1ccc(-c2nc3cc(-c4cccc(-c5ccc(-c6ccc7ccc8cccnc8c7n6)c6ccccc56)c4)ccc3o2)cc1. The average molecular weight is 576 g/mol. The molecule has 0 aliphatic carbocycles. The van der Waals surface area contributed by atoms with E-state index in [1.807, 2.05) is 48.7 Å². The molecule has 0 aliphatic heterocycles. The first-order valence-corrected chi connectivity index (χ1v) is 15.0. The van der Waals surface area contributed by atoms with Crippen LogP contribution in [-0.4, -0.2) is 15.0 Å². The summed E-state index contributed by atoms with van der Waals surface area (Å²) in [5.41, 5.74) is 11.0. The van der Waals surface area contributed by atoms with Gasteiger partial charge in [-0.1, -0.05) is 103 Å². The zero-order valence-corrected chi connectivity index (χ0v) is 24.2. The highest BCUT2D eigenvalue weighted by Gasteiger charge is 2.14. The van der Waals surface area contributed by atoms with Gasteiger partial charge in [0.15, 0.2) is 5.58 Å². The van der Waals surface area contributed by atoms with Gasteiger partial charge in [-0.25, -0.2) is 9.97 Å². The minimum absolute atomic E-state index is 0.633. The summed E-state index contributed by atoms with van der Waals surface area (Å²) in [6, 6.07) is 50.5. The molecule has 0 spiro atoms. The molecule has 0 bridgehead atoms. The maximum Gasteiger partial charge on any atom is 0.227 e. The highest BCUT2D eigenvalue weighted by atomic mass is 16.3. The molecule has 0 N–H and O–H groups in total. The van der Waals surface area contributed by atoms with Crippen molar-refractivity contribution in [3.05, 3.63) is 152 Å². The number of aromatic nitrogens is 3. The predicted octanol–water partition coefficient (Wildman–Crippen LogP) is 10.7. The van der Waals surface area contributed by atoms with E-state index in [9.17, 15) is 0 Å². The molecule has 4 nitrogen and oxygen atoms in total. The molecule has 0 aliphatic rings. The Morgan fingerprint density at radius 3 is 2.04 bits per heavy atom. The van der Waals surface area contributed by atoms with Crippen LogP contribution in [0.15, 0.2) is 156 Å². The lowest BCUT2D eigenvalue weighted by molar-refractivity contribution is 0.620. The molecular weight excluding hydrogens is 550 g/mol. The molecular formula is C41H25N3O. The van der Waals surface area contributed by atoms with Crippen LogP contribution >= 0.6 is 0 Å². The van der Waals surface area contributed by atoms with E-state index in [2.05, 4.69) is 108 Å². The molecule has 0 amide bonds. The number of fused-ring (bicyclic) bond motifs is 5. The van der Waals surface area contributed by atoms with Gasteiger partial charge in [0.25, 0.3) is 0 Å². The molecule has 9 aromatic rings. The summed E-state index contributed by atoms with van der Waals surface area (Å²) in [7, 11) is 0. The Labute approximate surface area is 259 Å². The first-order valence-electron chi connectivity index (χ1n) is 15.0. The first kappa shape index (κ1) is 25.4. The number of hydrogen-bond donors (Lipinski definition) is 0. The van der Waals surface area contributed by atoms with Crippen LogP contribution in [0.5, 0.6) is 0 Å². The molecule has 0 atom stereocenters. The van der Waals surface area contributed by atoms with Gasteiger partial charge in [-0.3, -0.25) is 4.98 Å². The number of benzene rings is 6. The van der Waals surface area contributed by atoms with E-state index >= 15 is 0 Å². The summed E-state index contributed by atoms with van der Waals surface area (Å²) in [4.78, 5) is 14.6. The molecule has 210 valence electrons. The van der Waals surface area contributed by atoms with Gasteiger partial charge in [0.1, 0.15) is 5.52 Å². The van der Waals surface area contributed by atoms with Crippen LogP contribution in [0.4, 0.5) is 0 Å². The molecule has 0 unspecified atom stereocenters. The zero-order chi connectivity index (χ0) is 29.7. The van der Waals surface area contributed by atoms with Crippen molar-refractivity contribution in [1.29, 1.82) is 0 Å². The fraction of sp³-hybridized carbons (Fsp3) is 0. The largest absolute Gasteiger partial charge is 0.436 e. The summed E-state index contributed by atoms with van der Waals surface area (Å²) >= 11 is 0. The second kappa shape index (κ2) is 10.2. The summed E-state index contributed by atoms with van der Waals surface area (Å²) in [5.74, 6) is 0.633. The van der Waals surface area contributed by atoms with Gasteiger partial charge in [0.05, 0.1) is 16.7 Å². The third kappa shape index (κ3) is 4.35. The maximum absolute atomic E-state index is 6.06. The van der Waals surface area contributed by atoms with E-state index in [1.54, 1.807) is 0 Å². The zero-order valence-electron chi connectivity index (χ0n) is 24.2. The van der Waals surface area contributed by atoms with Crippen molar-refractivity contribution in [2.24, 2.45) is 0 Å². The van der Waals surface area contributed by atoms with Crippen LogP contribution in [0, 0.1) is 0 Å². The Balaban J connectivity index is 1.13. The molecule has 4 heteroatoms. The monoisotopic (exact) mass is 575 g/mol. The maximum atomic E-state index is 6.06. The van der Waals surface area contributed by atoms with E-state index in [-0.39, 0.29) is 0 Å². The molecule has 0 fully saturated rings. The van der Waals surface area contributed by atoms with Crippen LogP contribution in [0.1, 0.15) is 0 Å². The molecule has 0 radical (unpaired) electrons. The lowest BCUT2D eigenvalue weighted by atomic mass is 9.92. The van der Waals surface area contributed by atoms with Gasteiger partial charge in [-0.2, -0.15) is 0 Å². The standard InChI is InChI=1S/C41H25N3O/c1-2-8-28(9-3-1)41-44-37-25-30(18-22-38(37)45-41)29-10-6-11-31(24-29)32-19-20-35(34-14-5-4-13-33(32)34)36-21-17-27-16-15-26-12-7-23-42-39(26)40(27)43-36/h1-25H. The summed E-state index contributed by atoms with van der Waals surface area (Å²) in [5, 5.41) is 4.53. The van der Waals surface area contributed by atoms with Crippen molar-refractivity contribution in [1.82, 2.24) is 15.0 Å². The minimum atomic E-state index is 0.633. The van der Waals surface area contributed by atoms with Crippen molar-refractivity contribution >= 4 is 43.7 Å². The quantitative estimate of drug-likeness (QED) is 0.196. The summed E-state index contributed by atoms with van der Waals surface area (Å²) in [6.45, 7) is 0. The normalized spacial score (nSPS) is 11.6. The molecule has 0 saturated heterocycles. The van der Waals surface area contributed by atoms with Crippen LogP contribution in [0.2, 0.25) is 0 Å². The van der Waals surface area contributed by atoms with E-state index in [1.165, 1.54) is 10.9 Å². The van der Waals surface area contributed by atoms with Crippen molar-refractivity contribution in [2.45, 2.75) is 0 Å². The van der Waals surface area contributed by atoms with E-state index in [0.717, 1.165) is 71.8 Å². The smallest absolute Gasteiger partial charge is 0.227 e. The van der Waals surface area contributed by atoms with Crippen molar-refractivity contribution in [2.75, 3.05) is 0 Å². The number of nitrogens with zero attached hydrogens (tertiary/aromatic N) is 3. The van der Waals surface area contributed by atoms with Gasteiger partial charge < -0.3 is 4.42 Å². The van der Waals surface area contributed by atoms with Gasteiger partial charge in [-0.15, -0.1) is 0 Å². The van der Waals surface area contributed by atoms with Crippen molar-refractivity contribution < 1.29 is 4.42 Å². The van der Waals surface area contributed by atoms with Crippen LogP contribution in [0.25, 0.3) is 88.6 Å². The lowest BCUT2D eigenvalue weighted by Gasteiger charge is -2.13. The van der Waals surface area contributed by atoms with E-state index in [4.69, 9.17) is 14.4 Å². The van der Waals surface area contributed by atoms with E-state index < -0.39 is 0 Å². The molecule has 0 saturated carbocycles. The summed E-state index contributed by atoms with van der Waals surface area (Å²) < 4.78 is 6.06. The number of oxazole rings is 1. The van der Waals surface area contributed by atoms with Crippen molar-refractivity contribution in [3.63, 3.8) is 0 Å². The topological polar surface area (TPSA) is 51.8 Å².